The Morgan fingerprint density at radius 1 is 1.44 bits per heavy atom. The third-order valence-corrected chi connectivity index (χ3v) is 2.42. The maximum atomic E-state index is 5.53. The molecule has 1 unspecified atom stereocenters. The number of aromatic nitrogens is 3. The van der Waals surface area contributed by atoms with Crippen molar-refractivity contribution in [2.45, 2.75) is 12.5 Å². The summed E-state index contributed by atoms with van der Waals surface area (Å²) in [5, 5.41) is 0. The average molecular weight is 217 g/mol. The van der Waals surface area contributed by atoms with Crippen molar-refractivity contribution in [3.63, 3.8) is 0 Å². The van der Waals surface area contributed by atoms with Crippen LogP contribution in [0.1, 0.15) is 17.4 Å². The van der Waals surface area contributed by atoms with Gasteiger partial charge in [0.2, 0.25) is 0 Å². The number of hydrogen-bond donors (Lipinski definition) is 2. The number of rotatable bonds is 4. The molecule has 2 aromatic heterocycles. The number of nitrogens with two attached hydrogens (primary N) is 1. The van der Waals surface area contributed by atoms with Crippen LogP contribution >= 0.6 is 0 Å². The molecule has 2 aromatic rings. The molecule has 2 rings (SSSR count). The van der Waals surface area contributed by atoms with Crippen molar-refractivity contribution in [1.82, 2.24) is 20.0 Å². The van der Waals surface area contributed by atoms with Crippen LogP contribution < -0.4 is 11.3 Å². The number of hydrogen-bond acceptors (Lipinski definition) is 4. The Balaban J connectivity index is 2.12. The van der Waals surface area contributed by atoms with Gasteiger partial charge in [-0.1, -0.05) is 6.07 Å². The van der Waals surface area contributed by atoms with E-state index in [1.165, 1.54) is 0 Å². The van der Waals surface area contributed by atoms with E-state index in [9.17, 15) is 0 Å². The largest absolute Gasteiger partial charge is 0.340 e. The fourth-order valence-corrected chi connectivity index (χ4v) is 1.59. The van der Waals surface area contributed by atoms with Crippen molar-refractivity contribution >= 4 is 0 Å². The molecular weight excluding hydrogens is 202 g/mol. The zero-order valence-corrected chi connectivity index (χ0v) is 9.17. The van der Waals surface area contributed by atoms with Crippen molar-refractivity contribution in [3.05, 3.63) is 48.3 Å². The topological polar surface area (TPSA) is 68.8 Å². The van der Waals surface area contributed by atoms with E-state index in [1.807, 2.05) is 36.0 Å². The molecule has 1 atom stereocenters. The van der Waals surface area contributed by atoms with E-state index in [1.54, 1.807) is 12.5 Å². The van der Waals surface area contributed by atoms with Crippen LogP contribution in [0.25, 0.3) is 0 Å². The quantitative estimate of drug-likeness (QED) is 0.580. The van der Waals surface area contributed by atoms with E-state index < -0.39 is 0 Å². The summed E-state index contributed by atoms with van der Waals surface area (Å²) in [6.45, 7) is 0. The zero-order valence-electron chi connectivity index (χ0n) is 9.17. The highest BCUT2D eigenvalue weighted by molar-refractivity contribution is 5.11. The molecule has 0 saturated carbocycles. The lowest BCUT2D eigenvalue weighted by molar-refractivity contribution is 0.534. The van der Waals surface area contributed by atoms with Gasteiger partial charge in [0.15, 0.2) is 0 Å². The molecule has 0 amide bonds. The summed E-state index contributed by atoms with van der Waals surface area (Å²) in [7, 11) is 1.94. The average Bonchev–Trinajstić information content (AvgIpc) is 2.74. The fraction of sp³-hybridized carbons (Fsp3) is 0.273. The van der Waals surface area contributed by atoms with Gasteiger partial charge >= 0.3 is 0 Å². The summed E-state index contributed by atoms with van der Waals surface area (Å²) in [5.41, 5.74) is 4.69. The highest BCUT2D eigenvalue weighted by Crippen LogP contribution is 2.13. The van der Waals surface area contributed by atoms with Crippen LogP contribution in [-0.4, -0.2) is 14.5 Å². The standard InChI is InChI=1S/C11H15N5/c1-16-7-11(14-8-16)10(15-12)6-9-4-2-3-5-13-9/h2-5,7-8,10,15H,6,12H2,1H3. The second kappa shape index (κ2) is 4.87. The summed E-state index contributed by atoms with van der Waals surface area (Å²) in [5.74, 6) is 5.53. The molecule has 5 heteroatoms. The van der Waals surface area contributed by atoms with Crippen LogP contribution in [0.3, 0.4) is 0 Å². The van der Waals surface area contributed by atoms with E-state index in [0.717, 1.165) is 17.8 Å². The van der Waals surface area contributed by atoms with Gasteiger partial charge in [-0.2, -0.15) is 0 Å². The van der Waals surface area contributed by atoms with E-state index in [0.29, 0.717) is 0 Å². The van der Waals surface area contributed by atoms with Crippen LogP contribution in [0.15, 0.2) is 36.9 Å². The number of aryl methyl sites for hydroxylation is 1. The zero-order chi connectivity index (χ0) is 11.4. The van der Waals surface area contributed by atoms with E-state index in [-0.39, 0.29) is 6.04 Å². The smallest absolute Gasteiger partial charge is 0.0947 e. The second-order valence-electron chi connectivity index (χ2n) is 3.71. The van der Waals surface area contributed by atoms with Gasteiger partial charge in [0.1, 0.15) is 0 Å². The van der Waals surface area contributed by atoms with Crippen LogP contribution in [0.4, 0.5) is 0 Å². The Hall–Kier alpha value is -1.72. The van der Waals surface area contributed by atoms with Crippen LogP contribution in [0, 0.1) is 0 Å². The van der Waals surface area contributed by atoms with Crippen LogP contribution in [-0.2, 0) is 13.5 Å². The van der Waals surface area contributed by atoms with Gasteiger partial charge in [-0.25, -0.2) is 4.98 Å². The second-order valence-corrected chi connectivity index (χ2v) is 3.71. The minimum atomic E-state index is -0.00361. The first-order valence-electron chi connectivity index (χ1n) is 5.13. The lowest BCUT2D eigenvalue weighted by Gasteiger charge is -2.12. The molecule has 0 aromatic carbocycles. The number of nitrogens with one attached hydrogen (secondary N) is 1. The van der Waals surface area contributed by atoms with Gasteiger partial charge in [0.25, 0.3) is 0 Å². The maximum absolute atomic E-state index is 5.53. The highest BCUT2D eigenvalue weighted by atomic mass is 15.2. The number of imidazole rings is 1. The normalized spacial score (nSPS) is 12.6. The van der Waals surface area contributed by atoms with Crippen molar-refractivity contribution in [2.24, 2.45) is 12.9 Å². The van der Waals surface area contributed by atoms with Gasteiger partial charge in [0.05, 0.1) is 18.1 Å². The Morgan fingerprint density at radius 2 is 2.31 bits per heavy atom. The molecule has 0 radical (unpaired) electrons. The number of hydrazine groups is 1. The summed E-state index contributed by atoms with van der Waals surface area (Å²) in [6, 6.07) is 5.84. The van der Waals surface area contributed by atoms with Gasteiger partial charge in [-0.3, -0.25) is 16.3 Å². The van der Waals surface area contributed by atoms with Gasteiger partial charge in [0, 0.05) is 31.6 Å². The molecule has 0 spiro atoms. The van der Waals surface area contributed by atoms with Crippen molar-refractivity contribution in [2.75, 3.05) is 0 Å². The predicted octanol–water partition coefficient (Wildman–Crippen LogP) is 0.562. The molecule has 0 aliphatic rings. The van der Waals surface area contributed by atoms with Gasteiger partial charge in [-0.15, -0.1) is 0 Å². The molecule has 0 bridgehead atoms. The third-order valence-electron chi connectivity index (χ3n) is 2.42. The van der Waals surface area contributed by atoms with E-state index in [4.69, 9.17) is 5.84 Å². The van der Waals surface area contributed by atoms with E-state index >= 15 is 0 Å². The molecule has 16 heavy (non-hydrogen) atoms. The van der Waals surface area contributed by atoms with Gasteiger partial charge in [-0.05, 0) is 12.1 Å². The summed E-state index contributed by atoms with van der Waals surface area (Å²) >= 11 is 0. The Kier molecular flexibility index (Phi) is 3.28. The van der Waals surface area contributed by atoms with Crippen molar-refractivity contribution < 1.29 is 0 Å². The Morgan fingerprint density at radius 3 is 2.88 bits per heavy atom. The highest BCUT2D eigenvalue weighted by Gasteiger charge is 2.13. The summed E-state index contributed by atoms with van der Waals surface area (Å²) < 4.78 is 1.90. The monoisotopic (exact) mass is 217 g/mol. The molecule has 0 fully saturated rings. The molecule has 0 aliphatic heterocycles. The molecule has 0 saturated heterocycles. The minimum Gasteiger partial charge on any atom is -0.340 e. The molecular formula is C11H15N5. The first-order valence-corrected chi connectivity index (χ1v) is 5.13. The lowest BCUT2D eigenvalue weighted by Crippen LogP contribution is -2.30. The molecule has 84 valence electrons. The minimum absolute atomic E-state index is 0.00361. The fourth-order valence-electron chi connectivity index (χ4n) is 1.59. The molecule has 3 N–H and O–H groups in total. The molecule has 5 nitrogen and oxygen atoms in total. The van der Waals surface area contributed by atoms with E-state index in [2.05, 4.69) is 15.4 Å². The summed E-state index contributed by atoms with van der Waals surface area (Å²) in [4.78, 5) is 8.54. The maximum Gasteiger partial charge on any atom is 0.0947 e. The number of nitrogens with zero attached hydrogens (tertiary/aromatic N) is 3. The number of pyridine rings is 1. The van der Waals surface area contributed by atoms with Crippen molar-refractivity contribution in [3.8, 4) is 0 Å². The molecule has 0 aliphatic carbocycles. The SMILES string of the molecule is Cn1cnc(C(Cc2ccccn2)NN)c1. The Bertz CT molecular complexity index is 437. The first-order chi connectivity index (χ1) is 7.79. The third kappa shape index (κ3) is 2.44. The van der Waals surface area contributed by atoms with Crippen molar-refractivity contribution in [1.29, 1.82) is 0 Å². The molecule has 2 heterocycles. The lowest BCUT2D eigenvalue weighted by atomic mass is 10.1. The predicted molar refractivity (Wildman–Crippen MR) is 61.2 cm³/mol. The Labute approximate surface area is 94.3 Å². The van der Waals surface area contributed by atoms with Crippen LogP contribution in [0.5, 0.6) is 0 Å². The summed E-state index contributed by atoms with van der Waals surface area (Å²) in [6.07, 6.45) is 6.22. The van der Waals surface area contributed by atoms with Gasteiger partial charge < -0.3 is 4.57 Å². The first kappa shape index (κ1) is 10.8. The van der Waals surface area contributed by atoms with Crippen LogP contribution in [0.2, 0.25) is 0 Å².